The van der Waals surface area contributed by atoms with E-state index in [2.05, 4.69) is 4.74 Å². The molecular formula is C13H23NO4S. The zero-order chi connectivity index (χ0) is 13.9. The highest BCUT2D eigenvalue weighted by molar-refractivity contribution is 7.89. The van der Waals surface area contributed by atoms with Crippen LogP contribution < -0.4 is 0 Å². The number of methoxy groups -OCH3 is 1. The fourth-order valence-corrected chi connectivity index (χ4v) is 5.46. The van der Waals surface area contributed by atoms with Gasteiger partial charge in [0.1, 0.15) is 0 Å². The molecule has 19 heavy (non-hydrogen) atoms. The van der Waals surface area contributed by atoms with Crippen molar-refractivity contribution >= 4 is 16.0 Å². The molecule has 5 nitrogen and oxygen atoms in total. The van der Waals surface area contributed by atoms with E-state index in [0.717, 1.165) is 44.9 Å². The summed E-state index contributed by atoms with van der Waals surface area (Å²) in [6, 6.07) is -0.202. The standard InChI is InChI=1S/C13H23NO4S/c1-18-13(15)10-11-6-4-5-9-14(11)19(16,17)12-7-2-3-8-12/h11-12H,2-10H2,1H3. The number of nitrogens with zero attached hydrogens (tertiary/aromatic N) is 1. The van der Waals surface area contributed by atoms with Crippen LogP contribution >= 0.6 is 0 Å². The molecule has 0 N–H and O–H groups in total. The zero-order valence-corrected chi connectivity index (χ0v) is 12.3. The van der Waals surface area contributed by atoms with Gasteiger partial charge in [-0.25, -0.2) is 8.42 Å². The second-order valence-corrected chi connectivity index (χ2v) is 7.66. The van der Waals surface area contributed by atoms with Gasteiger partial charge in [0.2, 0.25) is 10.0 Å². The Hall–Kier alpha value is -0.620. The Bertz CT molecular complexity index is 414. The van der Waals surface area contributed by atoms with E-state index >= 15 is 0 Å². The molecule has 1 aliphatic carbocycles. The fourth-order valence-electron chi connectivity index (χ4n) is 3.17. The Kier molecular flexibility index (Phi) is 4.84. The van der Waals surface area contributed by atoms with Crippen LogP contribution in [0.1, 0.15) is 51.4 Å². The predicted octanol–water partition coefficient (Wildman–Crippen LogP) is 1.68. The number of carbonyl (C=O) groups excluding carboxylic acids is 1. The molecule has 1 unspecified atom stereocenters. The average Bonchev–Trinajstić information content (AvgIpc) is 2.93. The Morgan fingerprint density at radius 2 is 1.79 bits per heavy atom. The summed E-state index contributed by atoms with van der Waals surface area (Å²) in [6.07, 6.45) is 6.36. The summed E-state index contributed by atoms with van der Waals surface area (Å²) >= 11 is 0. The third-order valence-electron chi connectivity index (χ3n) is 4.25. The van der Waals surface area contributed by atoms with E-state index < -0.39 is 10.0 Å². The van der Waals surface area contributed by atoms with Crippen LogP contribution in [0.2, 0.25) is 0 Å². The molecular weight excluding hydrogens is 266 g/mol. The van der Waals surface area contributed by atoms with Crippen LogP contribution in [0.15, 0.2) is 0 Å². The number of piperidine rings is 1. The third kappa shape index (κ3) is 3.28. The van der Waals surface area contributed by atoms with E-state index in [4.69, 9.17) is 0 Å². The molecule has 2 rings (SSSR count). The minimum atomic E-state index is -3.24. The van der Waals surface area contributed by atoms with Gasteiger partial charge in [0.25, 0.3) is 0 Å². The highest BCUT2D eigenvalue weighted by Crippen LogP contribution is 2.31. The Labute approximate surface area is 115 Å². The van der Waals surface area contributed by atoms with Gasteiger partial charge in [-0.3, -0.25) is 4.79 Å². The molecule has 6 heteroatoms. The molecule has 0 radical (unpaired) electrons. The maximum Gasteiger partial charge on any atom is 0.307 e. The highest BCUT2D eigenvalue weighted by atomic mass is 32.2. The van der Waals surface area contributed by atoms with Crippen LogP contribution in [0.25, 0.3) is 0 Å². The molecule has 0 aromatic heterocycles. The number of hydrogen-bond acceptors (Lipinski definition) is 4. The van der Waals surface area contributed by atoms with Gasteiger partial charge in [0, 0.05) is 12.6 Å². The lowest BCUT2D eigenvalue weighted by atomic mass is 10.0. The second kappa shape index (κ2) is 6.22. The summed E-state index contributed by atoms with van der Waals surface area (Å²) in [7, 11) is -1.89. The van der Waals surface area contributed by atoms with Gasteiger partial charge in [0.15, 0.2) is 0 Å². The number of esters is 1. The zero-order valence-electron chi connectivity index (χ0n) is 11.5. The summed E-state index contributed by atoms with van der Waals surface area (Å²) in [5.74, 6) is -0.321. The second-order valence-electron chi connectivity index (χ2n) is 5.49. The van der Waals surface area contributed by atoms with Crippen molar-refractivity contribution in [2.45, 2.75) is 62.7 Å². The molecule has 0 aromatic rings. The van der Waals surface area contributed by atoms with Crippen molar-refractivity contribution in [3.63, 3.8) is 0 Å². The lowest BCUT2D eigenvalue weighted by Crippen LogP contribution is -2.48. The molecule has 1 saturated heterocycles. The van der Waals surface area contributed by atoms with Crippen LogP contribution in [-0.2, 0) is 19.6 Å². The lowest BCUT2D eigenvalue weighted by Gasteiger charge is -2.35. The molecule has 2 aliphatic rings. The molecule has 1 aliphatic heterocycles. The summed E-state index contributed by atoms with van der Waals surface area (Å²) in [4.78, 5) is 11.4. The highest BCUT2D eigenvalue weighted by Gasteiger charge is 2.39. The first-order valence-electron chi connectivity index (χ1n) is 7.13. The van der Waals surface area contributed by atoms with Gasteiger partial charge >= 0.3 is 5.97 Å². The SMILES string of the molecule is COC(=O)CC1CCCCN1S(=O)(=O)C1CCCC1. The predicted molar refractivity (Wildman–Crippen MR) is 72.2 cm³/mol. The smallest absolute Gasteiger partial charge is 0.307 e. The first kappa shape index (κ1) is 14.8. The largest absolute Gasteiger partial charge is 0.469 e. The van der Waals surface area contributed by atoms with E-state index in [-0.39, 0.29) is 23.7 Å². The molecule has 0 bridgehead atoms. The summed E-state index contributed by atoms with van der Waals surface area (Å²) < 4.78 is 31.5. The monoisotopic (exact) mass is 289 g/mol. The first-order valence-corrected chi connectivity index (χ1v) is 8.63. The van der Waals surface area contributed by atoms with E-state index in [1.165, 1.54) is 7.11 Å². The van der Waals surface area contributed by atoms with E-state index in [9.17, 15) is 13.2 Å². The van der Waals surface area contributed by atoms with Crippen LogP contribution in [-0.4, -0.2) is 43.6 Å². The van der Waals surface area contributed by atoms with Crippen LogP contribution in [0.4, 0.5) is 0 Å². The van der Waals surface area contributed by atoms with Crippen molar-refractivity contribution in [1.82, 2.24) is 4.31 Å². The normalized spacial score (nSPS) is 26.5. The molecule has 110 valence electrons. The molecule has 2 fully saturated rings. The van der Waals surface area contributed by atoms with Crippen molar-refractivity contribution in [2.24, 2.45) is 0 Å². The maximum absolute atomic E-state index is 12.6. The number of rotatable bonds is 4. The number of carbonyl (C=O) groups is 1. The van der Waals surface area contributed by atoms with Crippen molar-refractivity contribution < 1.29 is 17.9 Å². The summed E-state index contributed by atoms with van der Waals surface area (Å²) in [5, 5.41) is -0.231. The van der Waals surface area contributed by atoms with Gasteiger partial charge in [-0.2, -0.15) is 4.31 Å². The third-order valence-corrected chi connectivity index (χ3v) is 6.70. The molecule has 1 heterocycles. The van der Waals surface area contributed by atoms with Crippen molar-refractivity contribution in [2.75, 3.05) is 13.7 Å². The molecule has 1 saturated carbocycles. The Morgan fingerprint density at radius 3 is 2.42 bits per heavy atom. The van der Waals surface area contributed by atoms with Gasteiger partial charge in [0.05, 0.1) is 18.8 Å². The van der Waals surface area contributed by atoms with Crippen LogP contribution in [0, 0.1) is 0 Å². The molecule has 0 spiro atoms. The quantitative estimate of drug-likeness (QED) is 0.739. The van der Waals surface area contributed by atoms with Crippen molar-refractivity contribution in [1.29, 1.82) is 0 Å². The summed E-state index contributed by atoms with van der Waals surface area (Å²) in [5.41, 5.74) is 0. The fraction of sp³-hybridized carbons (Fsp3) is 0.923. The van der Waals surface area contributed by atoms with Crippen LogP contribution in [0.5, 0.6) is 0 Å². The number of ether oxygens (including phenoxy) is 1. The van der Waals surface area contributed by atoms with Gasteiger partial charge in [-0.05, 0) is 25.7 Å². The minimum absolute atomic E-state index is 0.183. The lowest BCUT2D eigenvalue weighted by molar-refractivity contribution is -0.141. The van der Waals surface area contributed by atoms with Gasteiger partial charge < -0.3 is 4.74 Å². The molecule has 0 amide bonds. The average molecular weight is 289 g/mol. The van der Waals surface area contributed by atoms with E-state index in [0.29, 0.717) is 6.54 Å². The number of hydrogen-bond donors (Lipinski definition) is 0. The van der Waals surface area contributed by atoms with Crippen LogP contribution in [0.3, 0.4) is 0 Å². The Balaban J connectivity index is 2.11. The molecule has 0 aromatic carbocycles. The van der Waals surface area contributed by atoms with E-state index in [1.807, 2.05) is 0 Å². The van der Waals surface area contributed by atoms with Crippen molar-refractivity contribution in [3.05, 3.63) is 0 Å². The number of sulfonamides is 1. The van der Waals surface area contributed by atoms with Gasteiger partial charge in [-0.15, -0.1) is 0 Å². The van der Waals surface area contributed by atoms with Gasteiger partial charge in [-0.1, -0.05) is 19.3 Å². The first-order chi connectivity index (χ1) is 9.05. The topological polar surface area (TPSA) is 63.7 Å². The Morgan fingerprint density at radius 1 is 1.16 bits per heavy atom. The minimum Gasteiger partial charge on any atom is -0.469 e. The van der Waals surface area contributed by atoms with E-state index in [1.54, 1.807) is 4.31 Å². The molecule has 1 atom stereocenters. The summed E-state index contributed by atoms with van der Waals surface area (Å²) in [6.45, 7) is 0.556. The van der Waals surface area contributed by atoms with Crippen molar-refractivity contribution in [3.8, 4) is 0 Å². The maximum atomic E-state index is 12.6.